The zero-order valence-electron chi connectivity index (χ0n) is 12.1. The molecule has 2 amide bonds. The lowest BCUT2D eigenvalue weighted by Gasteiger charge is -2.26. The summed E-state index contributed by atoms with van der Waals surface area (Å²) in [6.45, 7) is 0.485. The molecule has 22 heavy (non-hydrogen) atoms. The minimum atomic E-state index is -4.42. The van der Waals surface area contributed by atoms with Crippen molar-refractivity contribution in [1.29, 1.82) is 0 Å². The van der Waals surface area contributed by atoms with Gasteiger partial charge in [-0.15, -0.1) is 0 Å². The fourth-order valence-electron chi connectivity index (χ4n) is 2.70. The Kier molecular flexibility index (Phi) is 5.28. The Bertz CT molecular complexity index is 519. The third-order valence-corrected chi connectivity index (χ3v) is 3.82. The van der Waals surface area contributed by atoms with Crippen LogP contribution in [0.2, 0.25) is 0 Å². The predicted octanol–water partition coefficient (Wildman–Crippen LogP) is 3.34. The molecule has 7 heteroatoms. The van der Waals surface area contributed by atoms with Gasteiger partial charge in [0.15, 0.2) is 0 Å². The summed E-state index contributed by atoms with van der Waals surface area (Å²) in [6.07, 6.45) is -0.497. The number of rotatable bonds is 3. The first-order valence-electron chi connectivity index (χ1n) is 7.32. The van der Waals surface area contributed by atoms with Crippen LogP contribution in [0.5, 0.6) is 0 Å². The van der Waals surface area contributed by atoms with Crippen LogP contribution in [0.25, 0.3) is 0 Å². The van der Waals surface area contributed by atoms with Gasteiger partial charge in [0.25, 0.3) is 0 Å². The van der Waals surface area contributed by atoms with Crippen LogP contribution >= 0.6 is 0 Å². The van der Waals surface area contributed by atoms with E-state index in [2.05, 4.69) is 10.6 Å². The molecular weight excluding hydrogens is 295 g/mol. The number of nitrogens with one attached hydrogen (secondary N) is 2. The number of urea groups is 1. The summed E-state index contributed by atoms with van der Waals surface area (Å²) >= 11 is 0. The van der Waals surface area contributed by atoms with E-state index in [0.717, 1.165) is 37.8 Å². The lowest BCUT2D eigenvalue weighted by molar-refractivity contribution is -0.137. The summed E-state index contributed by atoms with van der Waals surface area (Å²) in [5.41, 5.74) is 5.21. The standard InChI is InChI=1S/C15H20F3N3O/c16-15(17,18)11-4-2-6-13(8-11)21-14(22)20-9-10-3-1-5-12(19)7-10/h2,4,6,8,10,12H,1,3,5,7,9,19H2,(H2,20,21,22). The summed E-state index contributed by atoms with van der Waals surface area (Å²) in [6, 6.07) is 4.23. The molecule has 0 heterocycles. The number of nitrogens with two attached hydrogens (primary N) is 1. The molecule has 1 aromatic carbocycles. The minimum Gasteiger partial charge on any atom is -0.338 e. The van der Waals surface area contributed by atoms with Gasteiger partial charge in [-0.1, -0.05) is 12.5 Å². The average molecular weight is 315 g/mol. The van der Waals surface area contributed by atoms with Crippen LogP contribution in [0.15, 0.2) is 24.3 Å². The normalized spacial score (nSPS) is 22.2. The van der Waals surface area contributed by atoms with Crippen molar-refractivity contribution in [3.8, 4) is 0 Å². The van der Waals surface area contributed by atoms with Crippen LogP contribution in [-0.4, -0.2) is 18.6 Å². The molecule has 2 unspecified atom stereocenters. The Hall–Kier alpha value is -1.76. The van der Waals surface area contributed by atoms with Gasteiger partial charge < -0.3 is 16.4 Å². The van der Waals surface area contributed by atoms with Crippen LogP contribution in [-0.2, 0) is 6.18 Å². The highest BCUT2D eigenvalue weighted by molar-refractivity contribution is 5.89. The monoisotopic (exact) mass is 315 g/mol. The Morgan fingerprint density at radius 1 is 1.32 bits per heavy atom. The average Bonchev–Trinajstić information content (AvgIpc) is 2.45. The lowest BCUT2D eigenvalue weighted by atomic mass is 9.86. The van der Waals surface area contributed by atoms with E-state index in [1.54, 1.807) is 0 Å². The number of hydrogen-bond donors (Lipinski definition) is 3. The maximum Gasteiger partial charge on any atom is 0.416 e. The molecule has 0 radical (unpaired) electrons. The molecule has 0 saturated heterocycles. The van der Waals surface area contributed by atoms with Gasteiger partial charge in [0.2, 0.25) is 0 Å². The topological polar surface area (TPSA) is 67.1 Å². The third kappa shape index (κ3) is 4.91. The van der Waals surface area contributed by atoms with Crippen molar-refractivity contribution in [2.75, 3.05) is 11.9 Å². The van der Waals surface area contributed by atoms with Gasteiger partial charge in [-0.05, 0) is 43.4 Å². The second-order valence-electron chi connectivity index (χ2n) is 5.71. The number of amides is 2. The van der Waals surface area contributed by atoms with Crippen LogP contribution in [0, 0.1) is 5.92 Å². The highest BCUT2D eigenvalue weighted by Crippen LogP contribution is 2.30. The van der Waals surface area contributed by atoms with Crippen molar-refractivity contribution >= 4 is 11.7 Å². The van der Waals surface area contributed by atoms with Gasteiger partial charge in [0, 0.05) is 18.3 Å². The van der Waals surface area contributed by atoms with Crippen LogP contribution < -0.4 is 16.4 Å². The second kappa shape index (κ2) is 7.00. The van der Waals surface area contributed by atoms with Crippen molar-refractivity contribution in [3.05, 3.63) is 29.8 Å². The molecule has 1 aromatic rings. The largest absolute Gasteiger partial charge is 0.416 e. The molecule has 1 saturated carbocycles. The van der Waals surface area contributed by atoms with Gasteiger partial charge in [-0.25, -0.2) is 4.79 Å². The van der Waals surface area contributed by atoms with E-state index in [-0.39, 0.29) is 11.7 Å². The summed E-state index contributed by atoms with van der Waals surface area (Å²) < 4.78 is 37.8. The number of anilines is 1. The number of benzene rings is 1. The first-order chi connectivity index (χ1) is 10.3. The fraction of sp³-hybridized carbons (Fsp3) is 0.533. The van der Waals surface area contributed by atoms with Gasteiger partial charge in [0.1, 0.15) is 0 Å². The molecule has 2 atom stereocenters. The molecule has 1 fully saturated rings. The van der Waals surface area contributed by atoms with E-state index in [9.17, 15) is 18.0 Å². The van der Waals surface area contributed by atoms with E-state index >= 15 is 0 Å². The zero-order valence-corrected chi connectivity index (χ0v) is 12.1. The summed E-state index contributed by atoms with van der Waals surface area (Å²) in [5, 5.41) is 5.12. The number of halogens is 3. The minimum absolute atomic E-state index is 0.118. The smallest absolute Gasteiger partial charge is 0.338 e. The van der Waals surface area contributed by atoms with Crippen molar-refractivity contribution in [2.24, 2.45) is 11.7 Å². The molecule has 1 aliphatic rings. The fourth-order valence-corrected chi connectivity index (χ4v) is 2.70. The van der Waals surface area contributed by atoms with Gasteiger partial charge >= 0.3 is 12.2 Å². The van der Waals surface area contributed by atoms with E-state index in [4.69, 9.17) is 5.73 Å². The quantitative estimate of drug-likeness (QED) is 0.801. The molecule has 122 valence electrons. The Morgan fingerprint density at radius 3 is 2.77 bits per heavy atom. The molecule has 4 N–H and O–H groups in total. The SMILES string of the molecule is NC1CCCC(CNC(=O)Nc2cccc(C(F)(F)F)c2)C1. The summed E-state index contributed by atoms with van der Waals surface area (Å²) in [5.74, 6) is 0.330. The molecular formula is C15H20F3N3O. The first-order valence-corrected chi connectivity index (χ1v) is 7.32. The van der Waals surface area contributed by atoms with Crippen molar-refractivity contribution < 1.29 is 18.0 Å². The van der Waals surface area contributed by atoms with E-state index < -0.39 is 17.8 Å². The van der Waals surface area contributed by atoms with E-state index in [1.807, 2.05) is 0 Å². The van der Waals surface area contributed by atoms with Gasteiger partial charge in [-0.2, -0.15) is 13.2 Å². The highest BCUT2D eigenvalue weighted by Gasteiger charge is 2.30. The van der Waals surface area contributed by atoms with Crippen molar-refractivity contribution in [3.63, 3.8) is 0 Å². The molecule has 4 nitrogen and oxygen atoms in total. The second-order valence-corrected chi connectivity index (χ2v) is 5.71. The number of alkyl halides is 3. The van der Waals surface area contributed by atoms with Crippen molar-refractivity contribution in [2.45, 2.75) is 37.9 Å². The first kappa shape index (κ1) is 16.6. The van der Waals surface area contributed by atoms with Crippen LogP contribution in [0.1, 0.15) is 31.2 Å². The molecule has 0 aliphatic heterocycles. The maximum absolute atomic E-state index is 12.6. The van der Waals surface area contributed by atoms with E-state index in [0.29, 0.717) is 12.5 Å². The third-order valence-electron chi connectivity index (χ3n) is 3.82. The van der Waals surface area contributed by atoms with Crippen LogP contribution in [0.4, 0.5) is 23.7 Å². The van der Waals surface area contributed by atoms with Crippen molar-refractivity contribution in [1.82, 2.24) is 5.32 Å². The number of hydrogen-bond acceptors (Lipinski definition) is 2. The molecule has 0 spiro atoms. The number of carbonyl (C=O) groups excluding carboxylic acids is 1. The number of carbonyl (C=O) groups is 1. The molecule has 1 aliphatic carbocycles. The maximum atomic E-state index is 12.6. The lowest BCUT2D eigenvalue weighted by Crippen LogP contribution is -2.37. The molecule has 2 rings (SSSR count). The Labute approximate surface area is 127 Å². The van der Waals surface area contributed by atoms with Gasteiger partial charge in [-0.3, -0.25) is 0 Å². The summed E-state index contributed by atoms with van der Waals surface area (Å²) in [7, 11) is 0. The van der Waals surface area contributed by atoms with Crippen LogP contribution in [0.3, 0.4) is 0 Å². The van der Waals surface area contributed by atoms with E-state index in [1.165, 1.54) is 12.1 Å². The Morgan fingerprint density at radius 2 is 2.09 bits per heavy atom. The molecule has 0 bridgehead atoms. The van der Waals surface area contributed by atoms with Gasteiger partial charge in [0.05, 0.1) is 5.56 Å². The predicted molar refractivity (Wildman–Crippen MR) is 78.4 cm³/mol. The Balaban J connectivity index is 1.84. The zero-order chi connectivity index (χ0) is 16.2. The molecule has 0 aromatic heterocycles. The highest BCUT2D eigenvalue weighted by atomic mass is 19.4. The summed E-state index contributed by atoms with van der Waals surface area (Å²) in [4.78, 5) is 11.8.